The summed E-state index contributed by atoms with van der Waals surface area (Å²) in [7, 11) is 0. The van der Waals surface area contributed by atoms with E-state index in [1.54, 1.807) is 0 Å². The van der Waals surface area contributed by atoms with Gasteiger partial charge in [0.2, 0.25) is 0 Å². The molecule has 4 nitrogen and oxygen atoms in total. The molecule has 18 heavy (non-hydrogen) atoms. The summed E-state index contributed by atoms with van der Waals surface area (Å²) in [5, 5.41) is 15.5. The molecule has 0 saturated carbocycles. The number of aryl methyl sites for hydroxylation is 1. The third kappa shape index (κ3) is 4.37. The molecular weight excluding hydrogens is 228 g/mol. The molecule has 4 heteroatoms. The third-order valence-electron chi connectivity index (χ3n) is 3.17. The van der Waals surface area contributed by atoms with Crippen molar-refractivity contribution in [2.75, 3.05) is 11.9 Å². The number of hydrogen-bond acceptors (Lipinski definition) is 2. The predicted molar refractivity (Wildman–Crippen MR) is 73.7 cm³/mol. The van der Waals surface area contributed by atoms with Gasteiger partial charge in [-0.15, -0.1) is 0 Å². The molecule has 0 spiro atoms. The number of benzene rings is 1. The van der Waals surface area contributed by atoms with Crippen LogP contribution in [0, 0.1) is 6.92 Å². The molecule has 0 heterocycles. The lowest BCUT2D eigenvalue weighted by atomic mass is 9.98. The first-order valence-corrected chi connectivity index (χ1v) is 6.33. The summed E-state index contributed by atoms with van der Waals surface area (Å²) in [4.78, 5) is 11.7. The van der Waals surface area contributed by atoms with E-state index in [0.29, 0.717) is 12.8 Å². The molecule has 0 aliphatic rings. The predicted octanol–water partition coefficient (Wildman–Crippen LogP) is 2.67. The van der Waals surface area contributed by atoms with Crippen molar-refractivity contribution in [3.63, 3.8) is 0 Å². The highest BCUT2D eigenvalue weighted by Crippen LogP contribution is 2.13. The molecule has 0 unspecified atom stereocenters. The first kappa shape index (κ1) is 14.5. The minimum atomic E-state index is -0.816. The van der Waals surface area contributed by atoms with Crippen LogP contribution in [0.4, 0.5) is 10.5 Å². The minimum Gasteiger partial charge on any atom is -0.388 e. The fourth-order valence-corrected chi connectivity index (χ4v) is 1.64. The number of urea groups is 1. The molecule has 1 aromatic rings. The summed E-state index contributed by atoms with van der Waals surface area (Å²) in [5.41, 5.74) is 1.03. The number of nitrogens with one attached hydrogen (secondary N) is 2. The second-order valence-corrected chi connectivity index (χ2v) is 4.61. The minimum absolute atomic E-state index is 0.262. The molecule has 100 valence electrons. The molecule has 0 fully saturated rings. The van der Waals surface area contributed by atoms with Crippen LogP contribution in [0.5, 0.6) is 0 Å². The van der Waals surface area contributed by atoms with Gasteiger partial charge in [-0.1, -0.05) is 26.0 Å². The molecule has 0 atom stereocenters. The number of aliphatic hydroxyl groups is 1. The van der Waals surface area contributed by atoms with Gasteiger partial charge in [-0.05, 0) is 37.5 Å². The van der Waals surface area contributed by atoms with Gasteiger partial charge in [-0.3, -0.25) is 0 Å². The molecule has 0 aliphatic heterocycles. The summed E-state index contributed by atoms with van der Waals surface area (Å²) >= 11 is 0. The van der Waals surface area contributed by atoms with Crippen LogP contribution >= 0.6 is 0 Å². The van der Waals surface area contributed by atoms with Gasteiger partial charge >= 0.3 is 6.03 Å². The molecule has 1 aromatic carbocycles. The molecule has 1 rings (SSSR count). The highest BCUT2D eigenvalue weighted by Gasteiger charge is 2.22. The Morgan fingerprint density at radius 1 is 1.33 bits per heavy atom. The van der Waals surface area contributed by atoms with Gasteiger partial charge in [0.15, 0.2) is 0 Å². The van der Waals surface area contributed by atoms with Gasteiger partial charge in [0.25, 0.3) is 0 Å². The van der Waals surface area contributed by atoms with Crippen molar-refractivity contribution in [2.45, 2.75) is 39.2 Å². The van der Waals surface area contributed by atoms with Crippen LogP contribution in [-0.2, 0) is 0 Å². The maximum absolute atomic E-state index is 11.7. The second-order valence-electron chi connectivity index (χ2n) is 4.61. The standard InChI is InChI=1S/C14H22N2O2/c1-4-14(18,5-2)10-15-13(17)16-12-8-6-7-11(3)9-12/h6-9,18H,4-5,10H2,1-3H3,(H2,15,16,17). The number of rotatable bonds is 5. The molecule has 0 aromatic heterocycles. The molecule has 0 saturated heterocycles. The monoisotopic (exact) mass is 250 g/mol. The summed E-state index contributed by atoms with van der Waals surface area (Å²) in [6, 6.07) is 7.29. The molecule has 3 N–H and O–H groups in total. The SMILES string of the molecule is CCC(O)(CC)CNC(=O)Nc1cccc(C)c1. The molecule has 0 aliphatic carbocycles. The average Bonchev–Trinajstić information content (AvgIpc) is 2.36. The van der Waals surface area contributed by atoms with E-state index >= 15 is 0 Å². The first-order valence-electron chi connectivity index (χ1n) is 6.33. The summed E-state index contributed by atoms with van der Waals surface area (Å²) in [5.74, 6) is 0. The van der Waals surface area contributed by atoms with Crippen molar-refractivity contribution in [3.8, 4) is 0 Å². The van der Waals surface area contributed by atoms with Crippen LogP contribution in [0.25, 0.3) is 0 Å². The van der Waals surface area contributed by atoms with Crippen LogP contribution in [0.1, 0.15) is 32.3 Å². The van der Waals surface area contributed by atoms with Crippen molar-refractivity contribution in [3.05, 3.63) is 29.8 Å². The Hall–Kier alpha value is -1.55. The average molecular weight is 250 g/mol. The van der Waals surface area contributed by atoms with Gasteiger partial charge in [0.05, 0.1) is 5.60 Å². The number of hydrogen-bond donors (Lipinski definition) is 3. The van der Waals surface area contributed by atoms with Gasteiger partial charge in [0, 0.05) is 12.2 Å². The van der Waals surface area contributed by atoms with Crippen LogP contribution in [-0.4, -0.2) is 23.3 Å². The van der Waals surface area contributed by atoms with E-state index in [1.807, 2.05) is 45.0 Å². The van der Waals surface area contributed by atoms with E-state index in [1.165, 1.54) is 0 Å². The van der Waals surface area contributed by atoms with Gasteiger partial charge < -0.3 is 15.7 Å². The molecule has 0 radical (unpaired) electrons. The largest absolute Gasteiger partial charge is 0.388 e. The second kappa shape index (κ2) is 6.40. The Balaban J connectivity index is 2.47. The van der Waals surface area contributed by atoms with Crippen LogP contribution in [0.2, 0.25) is 0 Å². The van der Waals surface area contributed by atoms with Crippen molar-refractivity contribution < 1.29 is 9.90 Å². The van der Waals surface area contributed by atoms with Crippen LogP contribution in [0.3, 0.4) is 0 Å². The highest BCUT2D eigenvalue weighted by molar-refractivity contribution is 5.89. The topological polar surface area (TPSA) is 61.4 Å². The van der Waals surface area contributed by atoms with E-state index in [2.05, 4.69) is 10.6 Å². The first-order chi connectivity index (χ1) is 8.49. The van der Waals surface area contributed by atoms with E-state index in [-0.39, 0.29) is 12.6 Å². The van der Waals surface area contributed by atoms with E-state index < -0.39 is 5.60 Å². The number of carbonyl (C=O) groups is 1. The smallest absolute Gasteiger partial charge is 0.319 e. The van der Waals surface area contributed by atoms with Gasteiger partial charge in [-0.25, -0.2) is 4.79 Å². The Labute approximate surface area is 108 Å². The van der Waals surface area contributed by atoms with Crippen LogP contribution in [0.15, 0.2) is 24.3 Å². The molecule has 0 bridgehead atoms. The Bertz CT molecular complexity index is 401. The third-order valence-corrected chi connectivity index (χ3v) is 3.17. The number of anilines is 1. The van der Waals surface area contributed by atoms with Crippen molar-refractivity contribution in [1.29, 1.82) is 0 Å². The fraction of sp³-hybridized carbons (Fsp3) is 0.500. The Kier molecular flexibility index (Phi) is 5.16. The summed E-state index contributed by atoms with van der Waals surface area (Å²) in [6.45, 7) is 6.04. The van der Waals surface area contributed by atoms with E-state index in [4.69, 9.17) is 0 Å². The van der Waals surface area contributed by atoms with Crippen molar-refractivity contribution in [2.24, 2.45) is 0 Å². The van der Waals surface area contributed by atoms with Crippen molar-refractivity contribution >= 4 is 11.7 Å². The fourth-order valence-electron chi connectivity index (χ4n) is 1.64. The summed E-state index contributed by atoms with van der Waals surface area (Å²) < 4.78 is 0. The zero-order valence-corrected chi connectivity index (χ0v) is 11.3. The normalized spacial score (nSPS) is 11.1. The number of carbonyl (C=O) groups excluding carboxylic acids is 1. The maximum Gasteiger partial charge on any atom is 0.319 e. The van der Waals surface area contributed by atoms with Gasteiger partial charge in [-0.2, -0.15) is 0 Å². The lowest BCUT2D eigenvalue weighted by Gasteiger charge is -2.25. The molecule has 2 amide bonds. The number of amides is 2. The lowest BCUT2D eigenvalue weighted by Crippen LogP contribution is -2.43. The van der Waals surface area contributed by atoms with Crippen LogP contribution < -0.4 is 10.6 Å². The quantitative estimate of drug-likeness (QED) is 0.752. The zero-order valence-electron chi connectivity index (χ0n) is 11.3. The Morgan fingerprint density at radius 2 is 2.00 bits per heavy atom. The van der Waals surface area contributed by atoms with E-state index in [9.17, 15) is 9.90 Å². The highest BCUT2D eigenvalue weighted by atomic mass is 16.3. The van der Waals surface area contributed by atoms with E-state index in [0.717, 1.165) is 11.3 Å². The maximum atomic E-state index is 11.7. The molecular formula is C14H22N2O2. The van der Waals surface area contributed by atoms with Crippen molar-refractivity contribution in [1.82, 2.24) is 5.32 Å². The lowest BCUT2D eigenvalue weighted by molar-refractivity contribution is 0.0354. The zero-order chi connectivity index (χ0) is 13.6. The summed E-state index contributed by atoms with van der Waals surface area (Å²) in [6.07, 6.45) is 1.24. The Morgan fingerprint density at radius 3 is 2.56 bits per heavy atom. The van der Waals surface area contributed by atoms with Gasteiger partial charge in [0.1, 0.15) is 0 Å².